The van der Waals surface area contributed by atoms with E-state index in [2.05, 4.69) is 12.2 Å². The Morgan fingerprint density at radius 3 is 2.80 bits per heavy atom. The molecule has 1 atom stereocenters. The van der Waals surface area contributed by atoms with Crippen molar-refractivity contribution in [2.75, 3.05) is 12.3 Å². The Labute approximate surface area is 97.3 Å². The van der Waals surface area contributed by atoms with Crippen LogP contribution in [0.3, 0.4) is 0 Å². The van der Waals surface area contributed by atoms with Gasteiger partial charge in [0.2, 0.25) is 0 Å². The zero-order chi connectivity index (χ0) is 10.5. The summed E-state index contributed by atoms with van der Waals surface area (Å²) >= 11 is 1.90. The van der Waals surface area contributed by atoms with E-state index in [1.54, 1.807) is 0 Å². The number of hydrogen-bond acceptors (Lipinski definition) is 2. The number of aliphatic imine (C=N–C) groups is 1. The van der Waals surface area contributed by atoms with Crippen molar-refractivity contribution in [3.63, 3.8) is 0 Å². The molecular formula is C12H22N2S. The van der Waals surface area contributed by atoms with Gasteiger partial charge in [0.1, 0.15) is 0 Å². The molecule has 2 nitrogen and oxygen atoms in total. The zero-order valence-electron chi connectivity index (χ0n) is 9.67. The number of amidine groups is 1. The fourth-order valence-electron chi connectivity index (χ4n) is 2.33. The minimum absolute atomic E-state index is 0.667. The van der Waals surface area contributed by atoms with Gasteiger partial charge in [-0.1, -0.05) is 37.9 Å². The second kappa shape index (κ2) is 5.78. The maximum absolute atomic E-state index is 4.71. The molecule has 86 valence electrons. The summed E-state index contributed by atoms with van der Waals surface area (Å²) in [5.74, 6) is 2.08. The summed E-state index contributed by atoms with van der Waals surface area (Å²) in [5, 5.41) is 4.69. The Hall–Kier alpha value is -0.180. The van der Waals surface area contributed by atoms with E-state index in [9.17, 15) is 0 Å². The highest BCUT2D eigenvalue weighted by Crippen LogP contribution is 2.24. The average molecular weight is 226 g/mol. The summed E-state index contributed by atoms with van der Waals surface area (Å²) in [7, 11) is 0. The van der Waals surface area contributed by atoms with Crippen LogP contribution in [0.4, 0.5) is 0 Å². The molecule has 2 fully saturated rings. The molecule has 15 heavy (non-hydrogen) atoms. The van der Waals surface area contributed by atoms with Crippen molar-refractivity contribution in [1.29, 1.82) is 0 Å². The first-order valence-electron chi connectivity index (χ1n) is 6.32. The molecule has 0 aromatic heterocycles. The second-order valence-corrected chi connectivity index (χ2v) is 5.72. The monoisotopic (exact) mass is 226 g/mol. The summed E-state index contributed by atoms with van der Waals surface area (Å²) in [6.07, 6.45) is 8.31. The lowest BCUT2D eigenvalue weighted by Crippen LogP contribution is -2.26. The summed E-state index contributed by atoms with van der Waals surface area (Å²) in [5.41, 5.74) is 0. The van der Waals surface area contributed by atoms with Crippen LogP contribution < -0.4 is 5.32 Å². The van der Waals surface area contributed by atoms with Crippen LogP contribution in [0.25, 0.3) is 0 Å². The van der Waals surface area contributed by atoms with Crippen molar-refractivity contribution in [3.8, 4) is 0 Å². The van der Waals surface area contributed by atoms with Gasteiger partial charge in [0.25, 0.3) is 0 Å². The largest absolute Gasteiger partial charge is 0.361 e. The van der Waals surface area contributed by atoms with Gasteiger partial charge in [-0.05, 0) is 25.2 Å². The molecule has 1 aliphatic heterocycles. The Kier molecular flexibility index (Phi) is 4.36. The Bertz CT molecular complexity index is 222. The zero-order valence-corrected chi connectivity index (χ0v) is 10.5. The Balaban J connectivity index is 1.73. The number of rotatable bonds is 3. The number of thioether (sulfide) groups is 1. The molecule has 1 saturated carbocycles. The highest BCUT2D eigenvalue weighted by molar-refractivity contribution is 8.14. The van der Waals surface area contributed by atoms with E-state index in [-0.39, 0.29) is 0 Å². The molecule has 1 saturated heterocycles. The van der Waals surface area contributed by atoms with Gasteiger partial charge in [-0.2, -0.15) is 0 Å². The van der Waals surface area contributed by atoms with Crippen molar-refractivity contribution in [2.45, 2.75) is 51.5 Å². The topological polar surface area (TPSA) is 24.4 Å². The fourth-order valence-corrected chi connectivity index (χ4v) is 3.42. The summed E-state index contributed by atoms with van der Waals surface area (Å²) in [6, 6.07) is 0.667. The predicted octanol–water partition coefficient (Wildman–Crippen LogP) is 3.04. The van der Waals surface area contributed by atoms with Crippen LogP contribution in [0.2, 0.25) is 0 Å². The third kappa shape index (κ3) is 3.40. The molecule has 2 rings (SSSR count). The molecule has 0 aromatic rings. The molecule has 0 spiro atoms. The van der Waals surface area contributed by atoms with Gasteiger partial charge in [-0.3, -0.25) is 4.99 Å². The van der Waals surface area contributed by atoms with E-state index in [1.165, 1.54) is 49.4 Å². The lowest BCUT2D eigenvalue weighted by molar-refractivity contribution is 0.367. The first-order chi connectivity index (χ1) is 7.38. The molecule has 1 N–H and O–H groups in total. The van der Waals surface area contributed by atoms with Gasteiger partial charge in [-0.25, -0.2) is 0 Å². The molecule has 1 aliphatic carbocycles. The lowest BCUT2D eigenvalue weighted by atomic mass is 9.89. The molecular weight excluding hydrogens is 204 g/mol. The summed E-state index contributed by atoms with van der Waals surface area (Å²) < 4.78 is 0. The van der Waals surface area contributed by atoms with E-state index in [1.807, 2.05) is 11.8 Å². The van der Waals surface area contributed by atoms with Gasteiger partial charge < -0.3 is 5.32 Å². The molecule has 1 heterocycles. The molecule has 0 bridgehead atoms. The SMILES string of the molecule is CCC1CSC(=NCC2CCCCC2)N1. The van der Waals surface area contributed by atoms with Gasteiger partial charge in [-0.15, -0.1) is 0 Å². The van der Waals surface area contributed by atoms with E-state index in [0.717, 1.165) is 12.5 Å². The highest BCUT2D eigenvalue weighted by Gasteiger charge is 2.19. The van der Waals surface area contributed by atoms with Gasteiger partial charge in [0, 0.05) is 18.3 Å². The molecule has 0 aromatic carbocycles. The van der Waals surface area contributed by atoms with Crippen molar-refractivity contribution in [3.05, 3.63) is 0 Å². The molecule has 1 unspecified atom stereocenters. The van der Waals surface area contributed by atoms with Crippen LogP contribution in [0.1, 0.15) is 45.4 Å². The van der Waals surface area contributed by atoms with E-state index < -0.39 is 0 Å². The third-order valence-electron chi connectivity index (χ3n) is 3.46. The quantitative estimate of drug-likeness (QED) is 0.800. The average Bonchev–Trinajstić information content (AvgIpc) is 2.76. The van der Waals surface area contributed by atoms with Crippen LogP contribution in [0.15, 0.2) is 4.99 Å². The van der Waals surface area contributed by atoms with E-state index in [4.69, 9.17) is 4.99 Å². The van der Waals surface area contributed by atoms with Crippen molar-refractivity contribution >= 4 is 16.9 Å². The second-order valence-electron chi connectivity index (χ2n) is 4.71. The van der Waals surface area contributed by atoms with E-state index in [0.29, 0.717) is 6.04 Å². The summed E-state index contributed by atoms with van der Waals surface area (Å²) in [4.78, 5) is 4.71. The van der Waals surface area contributed by atoms with Gasteiger partial charge in [0.15, 0.2) is 5.17 Å². The van der Waals surface area contributed by atoms with Crippen LogP contribution >= 0.6 is 11.8 Å². The smallest absolute Gasteiger partial charge is 0.156 e. The number of hydrogen-bond donors (Lipinski definition) is 1. The van der Waals surface area contributed by atoms with Crippen molar-refractivity contribution in [2.24, 2.45) is 10.9 Å². The van der Waals surface area contributed by atoms with Crippen LogP contribution in [-0.2, 0) is 0 Å². The molecule has 3 heteroatoms. The normalized spacial score (nSPS) is 30.7. The summed E-state index contributed by atoms with van der Waals surface area (Å²) in [6.45, 7) is 3.30. The first kappa shape index (κ1) is 11.3. The highest BCUT2D eigenvalue weighted by atomic mass is 32.2. The minimum atomic E-state index is 0.667. The number of nitrogens with one attached hydrogen (secondary N) is 1. The van der Waals surface area contributed by atoms with Crippen LogP contribution in [0.5, 0.6) is 0 Å². The third-order valence-corrected chi connectivity index (χ3v) is 4.55. The first-order valence-corrected chi connectivity index (χ1v) is 7.31. The maximum atomic E-state index is 4.71. The standard InChI is InChI=1S/C12H22N2S/c1-2-11-9-15-12(14-11)13-8-10-6-4-3-5-7-10/h10-11H,2-9H2,1H3,(H,13,14). The Morgan fingerprint density at radius 1 is 1.33 bits per heavy atom. The van der Waals surface area contributed by atoms with Crippen LogP contribution in [0, 0.1) is 5.92 Å². The lowest BCUT2D eigenvalue weighted by Gasteiger charge is -2.19. The van der Waals surface area contributed by atoms with Crippen molar-refractivity contribution < 1.29 is 0 Å². The van der Waals surface area contributed by atoms with Crippen LogP contribution in [-0.4, -0.2) is 23.5 Å². The van der Waals surface area contributed by atoms with Gasteiger partial charge in [0.05, 0.1) is 0 Å². The molecule has 0 radical (unpaired) electrons. The van der Waals surface area contributed by atoms with Crippen molar-refractivity contribution in [1.82, 2.24) is 5.32 Å². The minimum Gasteiger partial charge on any atom is -0.361 e. The molecule has 0 amide bonds. The number of nitrogens with zero attached hydrogens (tertiary/aromatic N) is 1. The predicted molar refractivity (Wildman–Crippen MR) is 68.5 cm³/mol. The maximum Gasteiger partial charge on any atom is 0.156 e. The fraction of sp³-hybridized carbons (Fsp3) is 0.917. The Morgan fingerprint density at radius 2 is 2.13 bits per heavy atom. The van der Waals surface area contributed by atoms with E-state index >= 15 is 0 Å². The van der Waals surface area contributed by atoms with Gasteiger partial charge >= 0.3 is 0 Å². The molecule has 2 aliphatic rings.